The monoisotopic (exact) mass is 558 g/mol. The highest BCUT2D eigenvalue weighted by atomic mass is 35.5. The largest absolute Gasteiger partial charge is 0.462 e. The zero-order valence-corrected chi connectivity index (χ0v) is 22.6. The number of ether oxygens (including phenoxy) is 1. The maximum absolute atomic E-state index is 13.1. The number of hydrogen-bond acceptors (Lipinski definition) is 6. The molecule has 7 nitrogen and oxygen atoms in total. The van der Waals surface area contributed by atoms with Crippen LogP contribution in [0.1, 0.15) is 59.0 Å². The van der Waals surface area contributed by atoms with Gasteiger partial charge in [-0.25, -0.2) is 17.5 Å². The highest BCUT2D eigenvalue weighted by Gasteiger charge is 2.33. The number of carbonyl (C=O) groups is 2. The summed E-state index contributed by atoms with van der Waals surface area (Å²) in [5.74, 6) is -1.09. The van der Waals surface area contributed by atoms with Crippen molar-refractivity contribution in [2.45, 2.75) is 51.2 Å². The van der Waals surface area contributed by atoms with Gasteiger partial charge in [0.05, 0.1) is 28.0 Å². The zero-order chi connectivity index (χ0) is 25.2. The van der Waals surface area contributed by atoms with E-state index in [9.17, 15) is 18.0 Å². The van der Waals surface area contributed by atoms with Gasteiger partial charge in [-0.05, 0) is 68.7 Å². The Labute approximate surface area is 219 Å². The summed E-state index contributed by atoms with van der Waals surface area (Å²) in [5.41, 5.74) is 2.05. The summed E-state index contributed by atoms with van der Waals surface area (Å²) < 4.78 is 32.5. The van der Waals surface area contributed by atoms with Crippen LogP contribution >= 0.6 is 34.5 Å². The molecule has 1 N–H and O–H groups in total. The Hall–Kier alpha value is -1.65. The highest BCUT2D eigenvalue weighted by Crippen LogP contribution is 2.39. The van der Waals surface area contributed by atoms with Crippen molar-refractivity contribution in [1.82, 2.24) is 4.31 Å². The Bertz CT molecular complexity index is 1220. The van der Waals surface area contributed by atoms with Gasteiger partial charge >= 0.3 is 5.97 Å². The van der Waals surface area contributed by atoms with Gasteiger partial charge in [0.2, 0.25) is 15.9 Å². The number of nitrogens with one attached hydrogen (secondary N) is 1. The van der Waals surface area contributed by atoms with Crippen LogP contribution in [-0.4, -0.2) is 44.3 Å². The van der Waals surface area contributed by atoms with E-state index in [4.69, 9.17) is 27.9 Å². The maximum Gasteiger partial charge on any atom is 0.341 e. The Morgan fingerprint density at radius 3 is 2.54 bits per heavy atom. The van der Waals surface area contributed by atoms with Gasteiger partial charge in [0, 0.05) is 23.9 Å². The van der Waals surface area contributed by atoms with Crippen LogP contribution in [0.3, 0.4) is 0 Å². The van der Waals surface area contributed by atoms with Crippen LogP contribution in [0, 0.1) is 5.92 Å². The number of carbonyl (C=O) groups excluding carboxylic acids is 2. The number of esters is 1. The molecule has 1 aliphatic carbocycles. The lowest BCUT2D eigenvalue weighted by Gasteiger charge is -2.30. The first-order valence-corrected chi connectivity index (χ1v) is 14.9. The number of amides is 1. The molecule has 2 heterocycles. The second-order valence-electron chi connectivity index (χ2n) is 8.80. The van der Waals surface area contributed by atoms with Crippen molar-refractivity contribution in [3.8, 4) is 0 Å². The van der Waals surface area contributed by atoms with Gasteiger partial charge in [-0.3, -0.25) is 4.79 Å². The normalized spacial score (nSPS) is 17.1. The van der Waals surface area contributed by atoms with Crippen molar-refractivity contribution in [2.24, 2.45) is 5.92 Å². The standard InChI is InChI=1S/C24H28Cl2N2O5S2/c1-2-33-24(30)21-17-5-3-4-6-20(17)34-23(21)27-22(29)16-9-11-28(12-10-16)35(31,32)14-15-7-8-18(25)19(26)13-15/h7-8,13,16H,2-6,9-12,14H2,1H3,(H,27,29). The van der Waals surface area contributed by atoms with Crippen LogP contribution in [0.25, 0.3) is 0 Å². The smallest absolute Gasteiger partial charge is 0.341 e. The minimum atomic E-state index is -3.56. The lowest BCUT2D eigenvalue weighted by molar-refractivity contribution is -0.120. The van der Waals surface area contributed by atoms with Crippen molar-refractivity contribution in [1.29, 1.82) is 0 Å². The molecule has 2 aromatic rings. The first kappa shape index (κ1) is 26.4. The van der Waals surface area contributed by atoms with E-state index >= 15 is 0 Å². The van der Waals surface area contributed by atoms with E-state index in [1.54, 1.807) is 25.1 Å². The van der Waals surface area contributed by atoms with E-state index in [-0.39, 0.29) is 37.3 Å². The number of sulfonamides is 1. The van der Waals surface area contributed by atoms with E-state index in [0.29, 0.717) is 39.0 Å². The van der Waals surface area contributed by atoms with Gasteiger partial charge in [0.15, 0.2) is 0 Å². The Kier molecular flexibility index (Phi) is 8.43. The number of anilines is 1. The molecule has 0 radical (unpaired) electrons. The molecule has 190 valence electrons. The van der Waals surface area contributed by atoms with E-state index < -0.39 is 16.0 Å². The molecule has 1 aromatic heterocycles. The molecule has 1 aromatic carbocycles. The van der Waals surface area contributed by atoms with Crippen molar-refractivity contribution < 1.29 is 22.7 Å². The predicted octanol–water partition coefficient (Wildman–Crippen LogP) is 5.29. The summed E-state index contributed by atoms with van der Waals surface area (Å²) in [6, 6.07) is 4.79. The number of halogens is 2. The third-order valence-corrected chi connectivity index (χ3v) is 10.2. The molecular weight excluding hydrogens is 531 g/mol. The van der Waals surface area contributed by atoms with Gasteiger partial charge in [-0.15, -0.1) is 11.3 Å². The molecular formula is C24H28Cl2N2O5S2. The molecule has 11 heteroatoms. The van der Waals surface area contributed by atoms with Gasteiger partial charge in [-0.1, -0.05) is 29.3 Å². The molecule has 2 aliphatic rings. The molecule has 35 heavy (non-hydrogen) atoms. The van der Waals surface area contributed by atoms with E-state index in [2.05, 4.69) is 5.32 Å². The molecule has 4 rings (SSSR count). The molecule has 0 unspecified atom stereocenters. The molecule has 0 bridgehead atoms. The minimum Gasteiger partial charge on any atom is -0.462 e. The lowest BCUT2D eigenvalue weighted by atomic mass is 9.95. The highest BCUT2D eigenvalue weighted by molar-refractivity contribution is 7.88. The Morgan fingerprint density at radius 2 is 1.86 bits per heavy atom. The maximum atomic E-state index is 13.1. The number of nitrogens with zero attached hydrogens (tertiary/aromatic N) is 1. The van der Waals surface area contributed by atoms with Gasteiger partial charge in [0.1, 0.15) is 5.00 Å². The van der Waals surface area contributed by atoms with E-state index in [0.717, 1.165) is 36.1 Å². The fourth-order valence-electron chi connectivity index (χ4n) is 4.61. The number of piperidine rings is 1. The quantitative estimate of drug-likeness (QED) is 0.466. The summed E-state index contributed by atoms with van der Waals surface area (Å²) in [7, 11) is -3.56. The average molecular weight is 560 g/mol. The summed E-state index contributed by atoms with van der Waals surface area (Å²) in [6.07, 6.45) is 4.61. The molecule has 1 fully saturated rings. The van der Waals surface area contributed by atoms with Crippen LogP contribution in [-0.2, 0) is 38.1 Å². The second-order valence-corrected chi connectivity index (χ2v) is 12.7. The van der Waals surface area contributed by atoms with Gasteiger partial charge in [0.25, 0.3) is 0 Å². The molecule has 1 saturated heterocycles. The van der Waals surface area contributed by atoms with Crippen molar-refractivity contribution in [3.05, 3.63) is 49.8 Å². The summed E-state index contributed by atoms with van der Waals surface area (Å²) in [4.78, 5) is 26.9. The van der Waals surface area contributed by atoms with Crippen LogP contribution in [0.2, 0.25) is 10.0 Å². The summed E-state index contributed by atoms with van der Waals surface area (Å²) >= 11 is 13.4. The Morgan fingerprint density at radius 1 is 1.14 bits per heavy atom. The molecule has 0 spiro atoms. The molecule has 1 amide bonds. The van der Waals surface area contributed by atoms with Crippen LogP contribution in [0.15, 0.2) is 18.2 Å². The third-order valence-electron chi connectivity index (χ3n) is 6.44. The minimum absolute atomic E-state index is 0.176. The summed E-state index contributed by atoms with van der Waals surface area (Å²) in [5, 5.41) is 4.20. The van der Waals surface area contributed by atoms with Gasteiger partial charge in [-0.2, -0.15) is 0 Å². The average Bonchev–Trinajstić information content (AvgIpc) is 3.19. The van der Waals surface area contributed by atoms with E-state index in [1.807, 2.05) is 0 Å². The van der Waals surface area contributed by atoms with Crippen molar-refractivity contribution >= 4 is 61.4 Å². The van der Waals surface area contributed by atoms with Crippen LogP contribution in [0.5, 0.6) is 0 Å². The number of thiophene rings is 1. The zero-order valence-electron chi connectivity index (χ0n) is 19.4. The number of hydrogen-bond donors (Lipinski definition) is 1. The first-order chi connectivity index (χ1) is 16.7. The summed E-state index contributed by atoms with van der Waals surface area (Å²) in [6.45, 7) is 2.55. The molecule has 0 saturated carbocycles. The molecule has 1 aliphatic heterocycles. The van der Waals surface area contributed by atoms with Crippen LogP contribution < -0.4 is 5.32 Å². The SMILES string of the molecule is CCOC(=O)c1c(NC(=O)C2CCN(S(=O)(=O)Cc3ccc(Cl)c(Cl)c3)CC2)sc2c1CCCC2. The first-order valence-electron chi connectivity index (χ1n) is 11.7. The predicted molar refractivity (Wildman–Crippen MR) is 139 cm³/mol. The molecule has 0 atom stereocenters. The Balaban J connectivity index is 1.40. The topological polar surface area (TPSA) is 92.8 Å². The number of fused-ring (bicyclic) bond motifs is 1. The van der Waals surface area contributed by atoms with Crippen LogP contribution in [0.4, 0.5) is 5.00 Å². The van der Waals surface area contributed by atoms with Crippen molar-refractivity contribution in [2.75, 3.05) is 25.0 Å². The van der Waals surface area contributed by atoms with Crippen molar-refractivity contribution in [3.63, 3.8) is 0 Å². The fraction of sp³-hybridized carbons (Fsp3) is 0.500. The third kappa shape index (κ3) is 6.02. The van der Waals surface area contributed by atoms with Gasteiger partial charge < -0.3 is 10.1 Å². The number of rotatable bonds is 7. The number of benzene rings is 1. The second kappa shape index (κ2) is 11.2. The lowest BCUT2D eigenvalue weighted by Crippen LogP contribution is -2.41. The fourth-order valence-corrected chi connectivity index (χ4v) is 7.77. The number of aryl methyl sites for hydroxylation is 1. The van der Waals surface area contributed by atoms with E-state index in [1.165, 1.54) is 15.6 Å².